The number of halogens is 3. The molecule has 0 saturated carbocycles. The van der Waals surface area contributed by atoms with E-state index in [2.05, 4.69) is 20.3 Å². The lowest BCUT2D eigenvalue weighted by Gasteiger charge is -2.09. The first-order valence-corrected chi connectivity index (χ1v) is 5.36. The lowest BCUT2D eigenvalue weighted by Crippen LogP contribution is -2.06. The summed E-state index contributed by atoms with van der Waals surface area (Å²) in [7, 11) is 1.59. The van der Waals surface area contributed by atoms with Crippen molar-refractivity contribution < 1.29 is 13.2 Å². The van der Waals surface area contributed by atoms with Crippen LogP contribution in [0.2, 0.25) is 0 Å². The summed E-state index contributed by atoms with van der Waals surface area (Å²) in [6.45, 7) is 0. The summed E-state index contributed by atoms with van der Waals surface area (Å²) in [5.74, 6) is 0.212. The number of nitrogens with zero attached hydrogens (tertiary/aromatic N) is 4. The molecule has 3 aromatic rings. The van der Waals surface area contributed by atoms with Crippen LogP contribution in [0, 0.1) is 0 Å². The minimum Gasteiger partial charge on any atom is -0.268 e. The van der Waals surface area contributed by atoms with Gasteiger partial charge in [-0.25, -0.2) is 4.98 Å². The summed E-state index contributed by atoms with van der Waals surface area (Å²) in [5.41, 5.74) is -0.0581. The maximum Gasteiger partial charge on any atom is 0.416 e. The SMILES string of the molecule is Cn1ncc2c(-c3nc[nH]n3)cc(C(F)(F)F)cc21. The normalized spacial score (nSPS) is 12.2. The Hall–Kier alpha value is -2.38. The fourth-order valence-corrected chi connectivity index (χ4v) is 1.94. The molecule has 5 nitrogen and oxygen atoms in total. The van der Waals surface area contributed by atoms with Crippen molar-refractivity contribution in [3.63, 3.8) is 0 Å². The van der Waals surface area contributed by atoms with Gasteiger partial charge in [-0.1, -0.05) is 0 Å². The van der Waals surface area contributed by atoms with E-state index in [4.69, 9.17) is 0 Å². The van der Waals surface area contributed by atoms with Gasteiger partial charge in [0.2, 0.25) is 0 Å². The summed E-state index contributed by atoms with van der Waals surface area (Å²) in [6, 6.07) is 2.10. The van der Waals surface area contributed by atoms with Crippen LogP contribution in [0.5, 0.6) is 0 Å². The van der Waals surface area contributed by atoms with Crippen molar-refractivity contribution in [2.75, 3.05) is 0 Å². The minimum absolute atomic E-state index is 0.212. The second-order valence-corrected chi connectivity index (χ2v) is 4.05. The predicted molar refractivity (Wildman–Crippen MR) is 61.1 cm³/mol. The molecule has 19 heavy (non-hydrogen) atoms. The molecule has 0 radical (unpaired) electrons. The average molecular weight is 267 g/mol. The molecule has 0 aliphatic heterocycles. The van der Waals surface area contributed by atoms with Crippen LogP contribution in [0.25, 0.3) is 22.3 Å². The van der Waals surface area contributed by atoms with Gasteiger partial charge in [-0.2, -0.15) is 23.4 Å². The van der Waals surface area contributed by atoms with Crippen molar-refractivity contribution in [3.8, 4) is 11.4 Å². The van der Waals surface area contributed by atoms with E-state index in [1.165, 1.54) is 17.2 Å². The van der Waals surface area contributed by atoms with E-state index in [9.17, 15) is 13.2 Å². The van der Waals surface area contributed by atoms with Crippen LogP contribution in [0.4, 0.5) is 13.2 Å². The molecule has 98 valence electrons. The summed E-state index contributed by atoms with van der Waals surface area (Å²) in [6.07, 6.45) is -1.61. The lowest BCUT2D eigenvalue weighted by atomic mass is 10.1. The number of hydrogen-bond acceptors (Lipinski definition) is 3. The van der Waals surface area contributed by atoms with Gasteiger partial charge in [0.1, 0.15) is 6.33 Å². The molecule has 0 unspecified atom stereocenters. The van der Waals surface area contributed by atoms with Crippen molar-refractivity contribution in [2.24, 2.45) is 7.05 Å². The highest BCUT2D eigenvalue weighted by Gasteiger charge is 2.32. The topological polar surface area (TPSA) is 59.4 Å². The number of aryl methyl sites for hydroxylation is 1. The monoisotopic (exact) mass is 267 g/mol. The Bertz CT molecular complexity index is 727. The number of rotatable bonds is 1. The third kappa shape index (κ3) is 1.85. The number of nitrogens with one attached hydrogen (secondary N) is 1. The highest BCUT2D eigenvalue weighted by atomic mass is 19.4. The maximum atomic E-state index is 12.9. The lowest BCUT2D eigenvalue weighted by molar-refractivity contribution is -0.137. The number of fused-ring (bicyclic) bond motifs is 1. The van der Waals surface area contributed by atoms with Gasteiger partial charge in [-0.05, 0) is 12.1 Å². The van der Waals surface area contributed by atoms with E-state index in [0.717, 1.165) is 12.1 Å². The smallest absolute Gasteiger partial charge is 0.268 e. The Labute approximate surface area is 105 Å². The first kappa shape index (κ1) is 11.7. The summed E-state index contributed by atoms with van der Waals surface area (Å²) in [4.78, 5) is 3.90. The van der Waals surface area contributed by atoms with Gasteiger partial charge in [-0.15, -0.1) is 0 Å². The molecule has 3 rings (SSSR count). The van der Waals surface area contributed by atoms with Gasteiger partial charge < -0.3 is 0 Å². The summed E-state index contributed by atoms with van der Waals surface area (Å²) < 4.78 is 40.1. The van der Waals surface area contributed by atoms with Crippen molar-refractivity contribution in [3.05, 3.63) is 30.2 Å². The van der Waals surface area contributed by atoms with Gasteiger partial charge in [0.05, 0.1) is 17.3 Å². The van der Waals surface area contributed by atoms with Crippen molar-refractivity contribution in [2.45, 2.75) is 6.18 Å². The second kappa shape index (κ2) is 3.81. The molecule has 0 spiro atoms. The zero-order valence-corrected chi connectivity index (χ0v) is 9.73. The van der Waals surface area contributed by atoms with E-state index in [1.807, 2.05) is 0 Å². The number of benzene rings is 1. The maximum absolute atomic E-state index is 12.9. The summed E-state index contributed by atoms with van der Waals surface area (Å²) >= 11 is 0. The molecule has 0 saturated heterocycles. The molecule has 0 atom stereocenters. The molecule has 2 heterocycles. The average Bonchev–Trinajstić information content (AvgIpc) is 2.97. The van der Waals surface area contributed by atoms with Gasteiger partial charge in [-0.3, -0.25) is 9.78 Å². The van der Waals surface area contributed by atoms with Crippen LogP contribution in [0.1, 0.15) is 5.56 Å². The van der Waals surface area contributed by atoms with Crippen LogP contribution in [0.3, 0.4) is 0 Å². The quantitative estimate of drug-likeness (QED) is 0.736. The van der Waals surface area contributed by atoms with E-state index in [-0.39, 0.29) is 5.82 Å². The fraction of sp³-hybridized carbons (Fsp3) is 0.182. The number of alkyl halides is 3. The molecular weight excluding hydrogens is 259 g/mol. The summed E-state index contributed by atoms with van der Waals surface area (Å²) in [5, 5.41) is 10.9. The Morgan fingerprint density at radius 3 is 2.68 bits per heavy atom. The van der Waals surface area contributed by atoms with Crippen LogP contribution in [0.15, 0.2) is 24.7 Å². The molecular formula is C11H8F3N5. The largest absolute Gasteiger partial charge is 0.416 e. The van der Waals surface area contributed by atoms with Crippen LogP contribution in [-0.4, -0.2) is 25.0 Å². The van der Waals surface area contributed by atoms with Gasteiger partial charge >= 0.3 is 6.18 Å². The molecule has 0 fully saturated rings. The van der Waals surface area contributed by atoms with Gasteiger partial charge in [0.15, 0.2) is 5.82 Å². The highest BCUT2D eigenvalue weighted by molar-refractivity contribution is 5.93. The third-order valence-electron chi connectivity index (χ3n) is 2.85. The van der Waals surface area contributed by atoms with Crippen LogP contribution >= 0.6 is 0 Å². The van der Waals surface area contributed by atoms with Gasteiger partial charge in [0.25, 0.3) is 0 Å². The van der Waals surface area contributed by atoms with Crippen molar-refractivity contribution >= 4 is 10.9 Å². The Balaban J connectivity index is 2.36. The Kier molecular flexibility index (Phi) is 2.34. The second-order valence-electron chi connectivity index (χ2n) is 4.05. The molecule has 1 aromatic carbocycles. The minimum atomic E-state index is -4.43. The Morgan fingerprint density at radius 2 is 2.05 bits per heavy atom. The first-order valence-electron chi connectivity index (χ1n) is 5.36. The molecule has 1 N–H and O–H groups in total. The molecule has 0 amide bonds. The molecule has 0 aliphatic rings. The molecule has 8 heteroatoms. The number of H-pyrrole nitrogens is 1. The molecule has 2 aromatic heterocycles. The van der Waals surface area contributed by atoms with E-state index < -0.39 is 11.7 Å². The Morgan fingerprint density at radius 1 is 1.26 bits per heavy atom. The third-order valence-corrected chi connectivity index (χ3v) is 2.85. The zero-order chi connectivity index (χ0) is 13.6. The molecule has 0 aliphatic carbocycles. The fourth-order valence-electron chi connectivity index (χ4n) is 1.94. The molecule has 0 bridgehead atoms. The van der Waals surface area contributed by atoms with E-state index in [1.54, 1.807) is 7.05 Å². The highest BCUT2D eigenvalue weighted by Crippen LogP contribution is 2.35. The van der Waals surface area contributed by atoms with Gasteiger partial charge in [0, 0.05) is 18.0 Å². The number of aromatic amines is 1. The zero-order valence-electron chi connectivity index (χ0n) is 9.73. The van der Waals surface area contributed by atoms with Crippen LogP contribution < -0.4 is 0 Å². The van der Waals surface area contributed by atoms with E-state index >= 15 is 0 Å². The first-order chi connectivity index (χ1) is 8.97. The standard InChI is InChI=1S/C11H8F3N5/c1-19-9-3-6(11(12,13)14)2-7(8(9)4-17-19)10-15-5-16-18-10/h2-5H,1H3,(H,15,16,18). The predicted octanol–water partition coefficient (Wildman–Crippen LogP) is 2.38. The van der Waals surface area contributed by atoms with Crippen LogP contribution in [-0.2, 0) is 13.2 Å². The van der Waals surface area contributed by atoms with Crippen molar-refractivity contribution in [1.82, 2.24) is 25.0 Å². The van der Waals surface area contributed by atoms with E-state index in [0.29, 0.717) is 16.5 Å². The van der Waals surface area contributed by atoms with Crippen molar-refractivity contribution in [1.29, 1.82) is 0 Å². The number of hydrogen-bond donors (Lipinski definition) is 1. The number of aromatic nitrogens is 5.